The molecule has 5 rings (SSSR count). The average molecular weight is 441 g/mol. The van der Waals surface area contributed by atoms with Crippen molar-refractivity contribution in [2.45, 2.75) is 17.1 Å². The number of amides is 1. The molecule has 0 radical (unpaired) electrons. The van der Waals surface area contributed by atoms with Crippen LogP contribution in [0.1, 0.15) is 22.3 Å². The summed E-state index contributed by atoms with van der Waals surface area (Å²) < 4.78 is 6.93. The Bertz CT molecular complexity index is 1370. The Hall–Kier alpha value is -3.77. The third kappa shape index (κ3) is 3.69. The van der Waals surface area contributed by atoms with Crippen LogP contribution in [0.5, 0.6) is 0 Å². The number of benzene rings is 3. The second-order valence-corrected chi connectivity index (χ2v) is 8.84. The van der Waals surface area contributed by atoms with E-state index in [4.69, 9.17) is 4.42 Å². The molecule has 1 atom stereocenters. The summed E-state index contributed by atoms with van der Waals surface area (Å²) in [5.74, 6) is -0.0123. The van der Waals surface area contributed by atoms with Gasteiger partial charge in [-0.15, -0.1) is 11.8 Å². The third-order valence-corrected chi connectivity index (χ3v) is 6.42. The van der Waals surface area contributed by atoms with Gasteiger partial charge in [0.05, 0.1) is 22.5 Å². The lowest BCUT2D eigenvalue weighted by atomic mass is 10.2. The van der Waals surface area contributed by atoms with Crippen LogP contribution in [0.4, 0.5) is 5.69 Å². The predicted molar refractivity (Wildman–Crippen MR) is 128 cm³/mol. The van der Waals surface area contributed by atoms with Crippen molar-refractivity contribution in [2.75, 3.05) is 5.32 Å². The molecule has 2 heterocycles. The Balaban J connectivity index is 1.36. The molecule has 5 nitrogen and oxygen atoms in total. The number of rotatable bonds is 5. The molecule has 6 heteroatoms. The lowest BCUT2D eigenvalue weighted by Gasteiger charge is -2.13. The molecular weight excluding hydrogens is 420 g/mol. The standard InChI is InChI=1S/C26H20N2O3S/c1-17(32-19-14-12-18(13-15-19)27-25(29)24-11-6-16-31-24)26(30)28-22-9-4-2-7-20(22)21-8-3-5-10-23(21)28/h2-17H,1H3,(H,27,29). The van der Waals surface area contributed by atoms with Crippen LogP contribution in [0.2, 0.25) is 0 Å². The molecule has 1 amide bonds. The van der Waals surface area contributed by atoms with Gasteiger partial charge in [-0.1, -0.05) is 36.4 Å². The summed E-state index contributed by atoms with van der Waals surface area (Å²) in [5, 5.41) is 4.65. The molecule has 1 N–H and O–H groups in total. The first-order chi connectivity index (χ1) is 15.6. The Morgan fingerprint density at radius 1 is 0.844 bits per heavy atom. The first-order valence-corrected chi connectivity index (χ1v) is 11.1. The number of carbonyl (C=O) groups excluding carboxylic acids is 2. The number of hydrogen-bond acceptors (Lipinski definition) is 4. The number of thioether (sulfide) groups is 1. The van der Waals surface area contributed by atoms with Gasteiger partial charge in [0.15, 0.2) is 5.76 Å². The van der Waals surface area contributed by atoms with Gasteiger partial charge >= 0.3 is 0 Å². The maximum Gasteiger partial charge on any atom is 0.291 e. The number of fused-ring (bicyclic) bond motifs is 3. The number of nitrogens with zero attached hydrogens (tertiary/aromatic N) is 1. The summed E-state index contributed by atoms with van der Waals surface area (Å²) in [7, 11) is 0. The lowest BCUT2D eigenvalue weighted by molar-refractivity contribution is 0.0924. The fourth-order valence-corrected chi connectivity index (χ4v) is 4.72. The largest absolute Gasteiger partial charge is 0.459 e. The van der Waals surface area contributed by atoms with Crippen LogP contribution >= 0.6 is 11.8 Å². The van der Waals surface area contributed by atoms with Gasteiger partial charge < -0.3 is 9.73 Å². The van der Waals surface area contributed by atoms with Crippen LogP contribution in [-0.2, 0) is 0 Å². The minimum absolute atomic E-state index is 0.0302. The van der Waals surface area contributed by atoms with Crippen molar-refractivity contribution < 1.29 is 14.0 Å². The quantitative estimate of drug-likeness (QED) is 0.319. The van der Waals surface area contributed by atoms with E-state index in [1.807, 2.05) is 72.2 Å². The van der Waals surface area contributed by atoms with Gasteiger partial charge in [-0.25, -0.2) is 0 Å². The summed E-state index contributed by atoms with van der Waals surface area (Å²) >= 11 is 1.49. The van der Waals surface area contributed by atoms with E-state index in [1.54, 1.807) is 12.1 Å². The molecule has 0 saturated heterocycles. The third-order valence-electron chi connectivity index (χ3n) is 5.32. The highest BCUT2D eigenvalue weighted by Gasteiger charge is 2.21. The Labute approximate surface area is 189 Å². The molecule has 5 aromatic rings. The van der Waals surface area contributed by atoms with Gasteiger partial charge in [0, 0.05) is 21.4 Å². The van der Waals surface area contributed by atoms with E-state index in [0.717, 1.165) is 26.7 Å². The second-order valence-electron chi connectivity index (χ2n) is 7.42. The number of para-hydroxylation sites is 2. The van der Waals surface area contributed by atoms with Gasteiger partial charge in [-0.05, 0) is 55.5 Å². The smallest absolute Gasteiger partial charge is 0.291 e. The van der Waals surface area contributed by atoms with E-state index < -0.39 is 0 Å². The highest BCUT2D eigenvalue weighted by molar-refractivity contribution is 8.00. The summed E-state index contributed by atoms with van der Waals surface area (Å²) in [5.41, 5.74) is 2.50. The maximum atomic E-state index is 13.5. The molecule has 0 aliphatic carbocycles. The fourth-order valence-electron chi connectivity index (χ4n) is 3.81. The van der Waals surface area contributed by atoms with Gasteiger partial charge in [-0.3, -0.25) is 14.2 Å². The highest BCUT2D eigenvalue weighted by atomic mass is 32.2. The first kappa shape index (κ1) is 20.2. The molecule has 3 aromatic carbocycles. The van der Waals surface area contributed by atoms with E-state index in [0.29, 0.717) is 5.69 Å². The number of anilines is 1. The van der Waals surface area contributed by atoms with E-state index in [1.165, 1.54) is 18.0 Å². The van der Waals surface area contributed by atoms with E-state index in [2.05, 4.69) is 17.4 Å². The van der Waals surface area contributed by atoms with Crippen molar-refractivity contribution in [1.29, 1.82) is 0 Å². The maximum absolute atomic E-state index is 13.5. The summed E-state index contributed by atoms with van der Waals surface area (Å²) in [4.78, 5) is 26.5. The van der Waals surface area contributed by atoms with Crippen LogP contribution in [-0.4, -0.2) is 21.6 Å². The minimum Gasteiger partial charge on any atom is -0.459 e. The Morgan fingerprint density at radius 2 is 1.47 bits per heavy atom. The monoisotopic (exact) mass is 440 g/mol. The van der Waals surface area contributed by atoms with Crippen LogP contribution in [0, 0.1) is 0 Å². The van der Waals surface area contributed by atoms with Crippen molar-refractivity contribution >= 4 is 51.1 Å². The number of carbonyl (C=O) groups is 2. The van der Waals surface area contributed by atoms with E-state index in [-0.39, 0.29) is 22.8 Å². The molecule has 0 aliphatic rings. The second kappa shape index (κ2) is 8.40. The zero-order chi connectivity index (χ0) is 22.1. The molecule has 1 unspecified atom stereocenters. The molecule has 0 aliphatic heterocycles. The van der Waals surface area contributed by atoms with Crippen molar-refractivity contribution in [3.8, 4) is 0 Å². The van der Waals surface area contributed by atoms with Crippen LogP contribution < -0.4 is 5.32 Å². The van der Waals surface area contributed by atoms with Gasteiger partial charge in [0.25, 0.3) is 5.91 Å². The van der Waals surface area contributed by atoms with Crippen molar-refractivity contribution in [2.24, 2.45) is 0 Å². The van der Waals surface area contributed by atoms with Gasteiger partial charge in [0.1, 0.15) is 0 Å². The summed E-state index contributed by atoms with van der Waals surface area (Å²) in [6.07, 6.45) is 1.46. The molecule has 0 fully saturated rings. The van der Waals surface area contributed by atoms with E-state index in [9.17, 15) is 9.59 Å². The fraction of sp³-hybridized carbons (Fsp3) is 0.0769. The molecule has 32 heavy (non-hydrogen) atoms. The molecule has 0 bridgehead atoms. The highest BCUT2D eigenvalue weighted by Crippen LogP contribution is 2.32. The normalized spacial score (nSPS) is 12.2. The molecule has 0 saturated carbocycles. The molecule has 2 aromatic heterocycles. The topological polar surface area (TPSA) is 64.2 Å². The first-order valence-electron chi connectivity index (χ1n) is 10.3. The number of hydrogen-bond donors (Lipinski definition) is 1. The lowest BCUT2D eigenvalue weighted by Crippen LogP contribution is -2.21. The van der Waals surface area contributed by atoms with E-state index >= 15 is 0 Å². The molecule has 0 spiro atoms. The summed E-state index contributed by atoms with van der Waals surface area (Å²) in [6.45, 7) is 1.92. The number of nitrogens with one attached hydrogen (secondary N) is 1. The van der Waals surface area contributed by atoms with Crippen LogP contribution in [0.25, 0.3) is 21.8 Å². The minimum atomic E-state index is -0.301. The number of furan rings is 1. The Morgan fingerprint density at radius 3 is 2.06 bits per heavy atom. The van der Waals surface area contributed by atoms with Gasteiger partial charge in [0.2, 0.25) is 5.91 Å². The van der Waals surface area contributed by atoms with Crippen molar-refractivity contribution in [1.82, 2.24) is 4.57 Å². The van der Waals surface area contributed by atoms with Crippen LogP contribution in [0.15, 0.2) is 101 Å². The average Bonchev–Trinajstić information content (AvgIpc) is 3.47. The van der Waals surface area contributed by atoms with Gasteiger partial charge in [-0.2, -0.15) is 0 Å². The SMILES string of the molecule is CC(Sc1ccc(NC(=O)c2ccco2)cc1)C(=O)n1c2ccccc2c2ccccc21. The van der Waals surface area contributed by atoms with Crippen LogP contribution in [0.3, 0.4) is 0 Å². The van der Waals surface area contributed by atoms with Crippen molar-refractivity contribution in [3.05, 3.63) is 97.0 Å². The molecule has 158 valence electrons. The number of aromatic nitrogens is 1. The molecular formula is C26H20N2O3S. The zero-order valence-electron chi connectivity index (χ0n) is 17.3. The zero-order valence-corrected chi connectivity index (χ0v) is 18.1. The van der Waals surface area contributed by atoms with Crippen molar-refractivity contribution in [3.63, 3.8) is 0 Å². The Kier molecular flexibility index (Phi) is 5.29. The predicted octanol–water partition coefficient (Wildman–Crippen LogP) is 6.46. The summed E-state index contributed by atoms with van der Waals surface area (Å²) in [6, 6.07) is 26.7.